The van der Waals surface area contributed by atoms with Crippen molar-refractivity contribution in [2.45, 2.75) is 12.0 Å². The van der Waals surface area contributed by atoms with Gasteiger partial charge in [-0.3, -0.25) is 0 Å². The van der Waals surface area contributed by atoms with E-state index in [-0.39, 0.29) is 0 Å². The molecular weight excluding hydrogens is 456 g/mol. The van der Waals surface area contributed by atoms with E-state index in [0.29, 0.717) is 43.6 Å². The van der Waals surface area contributed by atoms with Crippen LogP contribution in [0.25, 0.3) is 0 Å². The normalized spacial score (nSPS) is 24.4. The number of piperazine rings is 1. The highest BCUT2D eigenvalue weighted by atomic mass is 79.9. The van der Waals surface area contributed by atoms with Crippen molar-refractivity contribution in [3.8, 4) is 0 Å². The fourth-order valence-corrected chi connectivity index (χ4v) is 4.45. The molecule has 0 spiro atoms. The molecule has 2 heterocycles. The molecule has 0 bridgehead atoms. The zero-order valence-corrected chi connectivity index (χ0v) is 17.9. The monoisotopic (exact) mass is 474 g/mol. The Bertz CT molecular complexity index is 865. The maximum absolute atomic E-state index is 12.7. The fraction of sp³-hybridized carbons (Fsp3) is 0.412. The largest absolute Gasteiger partial charge is 0.370 e. The van der Waals surface area contributed by atoms with Crippen molar-refractivity contribution in [3.05, 3.63) is 51.6 Å². The lowest BCUT2D eigenvalue weighted by Crippen LogP contribution is -2.48. The summed E-state index contributed by atoms with van der Waals surface area (Å²) in [6.45, 7) is 1.80. The first-order valence-corrected chi connectivity index (χ1v) is 11.0. The lowest BCUT2D eigenvalue weighted by Gasteiger charge is -2.33. The number of nitrogens with zero attached hydrogens (tertiary/aromatic N) is 4. The average Bonchev–Trinajstić information content (AvgIpc) is 2.69. The van der Waals surface area contributed by atoms with Gasteiger partial charge in [0.2, 0.25) is 16.0 Å². The predicted octanol–water partition coefficient (Wildman–Crippen LogP) is 2.67. The average molecular weight is 476 g/mol. The number of aromatic nitrogens is 2. The lowest BCUT2D eigenvalue weighted by molar-refractivity contribution is 0.0759. The Morgan fingerprint density at radius 3 is 2.48 bits per heavy atom. The highest BCUT2D eigenvalue weighted by Crippen LogP contribution is 2.28. The molecule has 2 aliphatic rings. The second kappa shape index (κ2) is 8.40. The summed E-state index contributed by atoms with van der Waals surface area (Å²) >= 11 is 9.24. The Labute approximate surface area is 172 Å². The van der Waals surface area contributed by atoms with Crippen LogP contribution in [0.2, 0.25) is 0 Å². The topological polar surface area (TPSA) is 75.6 Å². The van der Waals surface area contributed by atoms with Crippen LogP contribution in [0.4, 0.5) is 5.95 Å². The summed E-state index contributed by atoms with van der Waals surface area (Å²) in [5, 5.41) is 1.84. The van der Waals surface area contributed by atoms with Crippen LogP contribution in [0, 0.1) is 0 Å². The molecule has 1 aliphatic heterocycles. The van der Waals surface area contributed by atoms with E-state index in [2.05, 4.69) is 25.9 Å². The van der Waals surface area contributed by atoms with Gasteiger partial charge in [0.15, 0.2) is 0 Å². The van der Waals surface area contributed by atoms with E-state index in [1.54, 1.807) is 43.8 Å². The molecule has 146 valence electrons. The minimum Gasteiger partial charge on any atom is -0.370 e. The highest BCUT2D eigenvalue weighted by Gasteiger charge is 2.29. The molecule has 1 aromatic rings. The number of halogens is 2. The van der Waals surface area contributed by atoms with Crippen molar-refractivity contribution in [2.24, 2.45) is 0 Å². The second-order valence-electron chi connectivity index (χ2n) is 6.22. The van der Waals surface area contributed by atoms with Crippen LogP contribution >= 0.6 is 27.5 Å². The molecule has 1 aromatic heterocycles. The minimum absolute atomic E-state index is 0.369. The zero-order valence-electron chi connectivity index (χ0n) is 14.8. The molecule has 0 saturated carbocycles. The summed E-state index contributed by atoms with van der Waals surface area (Å²) in [5.74, 6) is 0.597. The quantitative estimate of drug-likeness (QED) is 0.652. The van der Waals surface area contributed by atoms with Crippen molar-refractivity contribution < 1.29 is 13.2 Å². The molecule has 3 rings (SSSR count). The number of allylic oxidation sites excluding steroid dienone is 2. The summed E-state index contributed by atoms with van der Waals surface area (Å²) < 4.78 is 33.2. The van der Waals surface area contributed by atoms with Crippen molar-refractivity contribution in [3.63, 3.8) is 0 Å². The number of ether oxygens (including phenoxy) is 1. The van der Waals surface area contributed by atoms with Crippen LogP contribution in [-0.2, 0) is 14.8 Å². The van der Waals surface area contributed by atoms with E-state index in [4.69, 9.17) is 16.3 Å². The van der Waals surface area contributed by atoms with E-state index in [9.17, 15) is 8.42 Å². The van der Waals surface area contributed by atoms with Gasteiger partial charge < -0.3 is 9.64 Å². The third-order valence-electron chi connectivity index (χ3n) is 4.53. The van der Waals surface area contributed by atoms with Crippen LogP contribution in [0.1, 0.15) is 6.42 Å². The molecule has 0 aromatic carbocycles. The van der Waals surface area contributed by atoms with Crippen LogP contribution in [-0.4, -0.2) is 61.6 Å². The predicted molar refractivity (Wildman–Crippen MR) is 109 cm³/mol. The Balaban J connectivity index is 1.64. The molecular formula is C17H20BrClN4O3S. The van der Waals surface area contributed by atoms with E-state index in [1.807, 2.05) is 4.90 Å². The first-order chi connectivity index (χ1) is 12.8. The van der Waals surface area contributed by atoms with Crippen molar-refractivity contribution >= 4 is 43.5 Å². The standard InChI is InChI=1S/C17H20BrClN4O3S/c1-26-17(4-2-15(19)3-5-17)6-11-27(24,25)23-9-7-22(8-10-23)16-20-12-14(18)13-21-16/h2-4,6,11-13H,5,7-10H2,1H3. The Hall–Kier alpha value is -1.26. The lowest BCUT2D eigenvalue weighted by atomic mass is 9.95. The third-order valence-corrected chi connectivity index (χ3v) is 6.79. The van der Waals surface area contributed by atoms with Crippen LogP contribution in [0.5, 0.6) is 0 Å². The first kappa shape index (κ1) is 20.5. The van der Waals surface area contributed by atoms with Gasteiger partial charge in [0, 0.05) is 62.5 Å². The van der Waals surface area contributed by atoms with Gasteiger partial charge in [-0.25, -0.2) is 18.4 Å². The maximum Gasteiger partial charge on any atom is 0.236 e. The number of hydrogen-bond acceptors (Lipinski definition) is 6. The fourth-order valence-electron chi connectivity index (χ4n) is 2.86. The van der Waals surface area contributed by atoms with Gasteiger partial charge in [0.05, 0.1) is 4.47 Å². The summed E-state index contributed by atoms with van der Waals surface area (Å²) in [4.78, 5) is 10.5. The van der Waals surface area contributed by atoms with E-state index in [1.165, 1.54) is 9.71 Å². The van der Waals surface area contributed by atoms with Crippen LogP contribution in [0.3, 0.4) is 0 Å². The first-order valence-electron chi connectivity index (χ1n) is 8.35. The molecule has 1 unspecified atom stereocenters. The van der Waals surface area contributed by atoms with Gasteiger partial charge in [0.25, 0.3) is 0 Å². The van der Waals surface area contributed by atoms with Crippen molar-refractivity contribution in [1.82, 2.24) is 14.3 Å². The minimum atomic E-state index is -3.55. The van der Waals surface area contributed by atoms with Gasteiger partial charge in [-0.2, -0.15) is 4.31 Å². The molecule has 27 heavy (non-hydrogen) atoms. The molecule has 0 amide bonds. The van der Waals surface area contributed by atoms with Gasteiger partial charge >= 0.3 is 0 Å². The maximum atomic E-state index is 12.7. The number of sulfonamides is 1. The smallest absolute Gasteiger partial charge is 0.236 e. The molecule has 10 heteroatoms. The summed E-state index contributed by atoms with van der Waals surface area (Å²) in [6.07, 6.45) is 10.7. The summed E-state index contributed by atoms with van der Waals surface area (Å²) in [6, 6.07) is 0. The third kappa shape index (κ3) is 4.97. The van der Waals surface area contributed by atoms with E-state index >= 15 is 0 Å². The highest BCUT2D eigenvalue weighted by molar-refractivity contribution is 9.10. The molecule has 0 radical (unpaired) electrons. The Kier molecular flexibility index (Phi) is 6.37. The molecule has 0 N–H and O–H groups in total. The van der Waals surface area contributed by atoms with Crippen molar-refractivity contribution in [2.75, 3.05) is 38.2 Å². The molecule has 1 atom stereocenters. The summed E-state index contributed by atoms with van der Waals surface area (Å²) in [7, 11) is -2.00. The van der Waals surface area contributed by atoms with Gasteiger partial charge in [-0.1, -0.05) is 17.7 Å². The van der Waals surface area contributed by atoms with Gasteiger partial charge in [0.1, 0.15) is 5.60 Å². The zero-order chi connectivity index (χ0) is 19.5. The number of rotatable bonds is 5. The second-order valence-corrected chi connectivity index (χ2v) is 9.39. The Morgan fingerprint density at radius 2 is 1.93 bits per heavy atom. The molecule has 1 fully saturated rings. The SMILES string of the molecule is COC1(C=CS(=O)(=O)N2CCN(c3ncc(Br)cn3)CC2)C=CC(Cl)=CC1. The molecule has 1 saturated heterocycles. The molecule has 7 nitrogen and oxygen atoms in total. The van der Waals surface area contributed by atoms with Gasteiger partial charge in [-0.05, 0) is 34.2 Å². The van der Waals surface area contributed by atoms with Crippen LogP contribution < -0.4 is 4.90 Å². The number of hydrogen-bond donors (Lipinski definition) is 0. The summed E-state index contributed by atoms with van der Waals surface area (Å²) in [5.41, 5.74) is -0.793. The number of anilines is 1. The van der Waals surface area contributed by atoms with Gasteiger partial charge in [-0.15, -0.1) is 0 Å². The number of methoxy groups -OCH3 is 1. The van der Waals surface area contributed by atoms with Crippen molar-refractivity contribution in [1.29, 1.82) is 0 Å². The Morgan fingerprint density at radius 1 is 1.26 bits per heavy atom. The van der Waals surface area contributed by atoms with E-state index in [0.717, 1.165) is 4.47 Å². The molecule has 1 aliphatic carbocycles. The van der Waals surface area contributed by atoms with Crippen LogP contribution in [0.15, 0.2) is 51.6 Å². The van der Waals surface area contributed by atoms with E-state index < -0.39 is 15.6 Å².